The highest BCUT2D eigenvalue weighted by Crippen LogP contribution is 2.33. The predicted octanol–water partition coefficient (Wildman–Crippen LogP) is 3.52. The van der Waals surface area contributed by atoms with Gasteiger partial charge in [0.15, 0.2) is 27.3 Å². The van der Waals surface area contributed by atoms with Crippen molar-refractivity contribution in [3.8, 4) is 5.75 Å². The second-order valence-corrected chi connectivity index (χ2v) is 10.1. The number of rotatable bonds is 10. The molecule has 0 atom stereocenters. The summed E-state index contributed by atoms with van der Waals surface area (Å²) in [5.41, 5.74) is 0.438. The van der Waals surface area contributed by atoms with E-state index in [0.29, 0.717) is 29.3 Å². The zero-order chi connectivity index (χ0) is 22.4. The van der Waals surface area contributed by atoms with Gasteiger partial charge in [0.05, 0.1) is 10.1 Å². The Bertz CT molecular complexity index is 1170. The fraction of sp³-hybridized carbons (Fsp3) is 0.227. The van der Waals surface area contributed by atoms with Gasteiger partial charge in [0.1, 0.15) is 12.4 Å². The number of carbonyl (C=O) groups is 1. The Morgan fingerprint density at radius 1 is 1.09 bits per heavy atom. The summed E-state index contributed by atoms with van der Waals surface area (Å²) >= 11 is 1.27. The van der Waals surface area contributed by atoms with Crippen LogP contribution in [0.3, 0.4) is 0 Å². The molecular formula is C22H21N3O5S2. The third-order valence-corrected chi connectivity index (χ3v) is 7.60. The third-order valence-electron chi connectivity index (χ3n) is 4.63. The van der Waals surface area contributed by atoms with Gasteiger partial charge in [-0.1, -0.05) is 35.5 Å². The Kier molecular flexibility index (Phi) is 6.81. The summed E-state index contributed by atoms with van der Waals surface area (Å²) in [5, 5.41) is 8.52. The first-order valence-electron chi connectivity index (χ1n) is 9.97. The number of oxime groups is 1. The first kappa shape index (κ1) is 22.0. The van der Waals surface area contributed by atoms with E-state index in [1.54, 1.807) is 23.7 Å². The van der Waals surface area contributed by atoms with Gasteiger partial charge in [-0.3, -0.25) is 10.1 Å². The van der Waals surface area contributed by atoms with Crippen molar-refractivity contribution in [3.63, 3.8) is 0 Å². The molecule has 1 fully saturated rings. The molecule has 1 aromatic heterocycles. The summed E-state index contributed by atoms with van der Waals surface area (Å²) in [4.78, 5) is 22.4. The van der Waals surface area contributed by atoms with Crippen LogP contribution in [-0.2, 0) is 19.5 Å². The van der Waals surface area contributed by atoms with Crippen LogP contribution < -0.4 is 10.1 Å². The van der Waals surface area contributed by atoms with Crippen LogP contribution in [0.2, 0.25) is 0 Å². The lowest BCUT2D eigenvalue weighted by Crippen LogP contribution is -2.24. The smallest absolute Gasteiger partial charge is 0.280 e. The molecule has 0 radical (unpaired) electrons. The van der Waals surface area contributed by atoms with Crippen LogP contribution in [0.25, 0.3) is 0 Å². The van der Waals surface area contributed by atoms with Crippen LogP contribution in [-0.4, -0.2) is 43.5 Å². The molecule has 2 aromatic carbocycles. The van der Waals surface area contributed by atoms with Gasteiger partial charge >= 0.3 is 0 Å². The van der Waals surface area contributed by atoms with Crippen molar-refractivity contribution in [3.05, 3.63) is 71.7 Å². The average molecular weight is 472 g/mol. The molecule has 1 aliphatic rings. The molecule has 0 saturated heterocycles. The van der Waals surface area contributed by atoms with E-state index in [2.05, 4.69) is 15.5 Å². The summed E-state index contributed by atoms with van der Waals surface area (Å²) in [5.74, 6) is 0.191. The van der Waals surface area contributed by atoms with E-state index < -0.39 is 15.7 Å². The number of ether oxygens (including phenoxy) is 1. The number of para-hydroxylation sites is 1. The molecule has 1 N–H and O–H groups in total. The van der Waals surface area contributed by atoms with Gasteiger partial charge < -0.3 is 9.57 Å². The number of aromatic nitrogens is 1. The van der Waals surface area contributed by atoms with Gasteiger partial charge in [-0.05, 0) is 37.1 Å². The second-order valence-electron chi connectivity index (χ2n) is 6.99. The number of thiazole rings is 1. The molecule has 1 amide bonds. The van der Waals surface area contributed by atoms with E-state index in [4.69, 9.17) is 9.57 Å². The summed E-state index contributed by atoms with van der Waals surface area (Å²) < 4.78 is 30.4. The molecule has 0 aliphatic heterocycles. The molecular weight excluding hydrogens is 450 g/mol. The van der Waals surface area contributed by atoms with Crippen LogP contribution >= 0.6 is 11.3 Å². The van der Waals surface area contributed by atoms with Crippen LogP contribution in [0.15, 0.2) is 76.2 Å². The van der Waals surface area contributed by atoms with Gasteiger partial charge in [0, 0.05) is 17.1 Å². The second kappa shape index (κ2) is 9.92. The van der Waals surface area contributed by atoms with Crippen molar-refractivity contribution in [2.45, 2.75) is 23.0 Å². The van der Waals surface area contributed by atoms with Crippen molar-refractivity contribution in [1.82, 2.24) is 4.98 Å². The summed E-state index contributed by atoms with van der Waals surface area (Å²) in [6, 6.07) is 15.4. The zero-order valence-electron chi connectivity index (χ0n) is 17.0. The SMILES string of the molecule is O=C(Nc1nccs1)/C(=N/OCCOc1ccccc1)c1ccc(S(=O)(=O)C2CC2)cc1. The first-order valence-corrected chi connectivity index (χ1v) is 12.4. The molecule has 32 heavy (non-hydrogen) atoms. The van der Waals surface area contributed by atoms with Crippen molar-refractivity contribution >= 4 is 37.9 Å². The normalized spacial score (nSPS) is 14.1. The Labute approximate surface area is 189 Å². The average Bonchev–Trinajstić information content (AvgIpc) is 3.56. The Morgan fingerprint density at radius 3 is 2.50 bits per heavy atom. The number of anilines is 1. The zero-order valence-corrected chi connectivity index (χ0v) is 18.6. The highest BCUT2D eigenvalue weighted by Gasteiger charge is 2.36. The van der Waals surface area contributed by atoms with Crippen LogP contribution in [0, 0.1) is 0 Å². The fourth-order valence-corrected chi connectivity index (χ4v) is 5.04. The third kappa shape index (κ3) is 5.51. The predicted molar refractivity (Wildman–Crippen MR) is 122 cm³/mol. The first-order chi connectivity index (χ1) is 15.5. The Morgan fingerprint density at radius 2 is 1.84 bits per heavy atom. The molecule has 1 heterocycles. The standard InChI is InChI=1S/C22H21N3O5S2/c26-21(24-22-23-12-15-31-22)20(25-30-14-13-29-17-4-2-1-3-5-17)16-6-8-18(9-7-16)32(27,28)19-10-11-19/h1-9,12,15,19H,10-11,13-14H2,(H,23,24,26)/b25-20+. The Balaban J connectivity index is 1.46. The summed E-state index contributed by atoms with van der Waals surface area (Å²) in [6.45, 7) is 0.366. The molecule has 10 heteroatoms. The molecule has 4 rings (SSSR count). The quantitative estimate of drug-likeness (QED) is 0.275. The maximum absolute atomic E-state index is 12.8. The van der Waals surface area contributed by atoms with Gasteiger partial charge in [0.2, 0.25) is 0 Å². The van der Waals surface area contributed by atoms with Gasteiger partial charge in [-0.15, -0.1) is 11.3 Å². The van der Waals surface area contributed by atoms with E-state index in [0.717, 1.165) is 0 Å². The molecule has 8 nitrogen and oxygen atoms in total. The largest absolute Gasteiger partial charge is 0.490 e. The van der Waals surface area contributed by atoms with Crippen molar-refractivity contribution in [1.29, 1.82) is 0 Å². The minimum atomic E-state index is -3.32. The number of nitrogens with zero attached hydrogens (tertiary/aromatic N) is 2. The summed E-state index contributed by atoms with van der Waals surface area (Å²) in [6.07, 6.45) is 2.95. The van der Waals surface area contributed by atoms with Crippen LogP contribution in [0.5, 0.6) is 5.75 Å². The minimum absolute atomic E-state index is 0.00952. The molecule has 166 valence electrons. The number of benzene rings is 2. The lowest BCUT2D eigenvalue weighted by Gasteiger charge is -2.09. The highest BCUT2D eigenvalue weighted by atomic mass is 32.2. The van der Waals surface area contributed by atoms with Crippen molar-refractivity contribution < 1.29 is 22.8 Å². The van der Waals surface area contributed by atoms with Gasteiger partial charge in [-0.25, -0.2) is 13.4 Å². The Hall–Kier alpha value is -3.24. The number of hydrogen-bond donors (Lipinski definition) is 1. The highest BCUT2D eigenvalue weighted by molar-refractivity contribution is 7.92. The van der Waals surface area contributed by atoms with Crippen molar-refractivity contribution in [2.24, 2.45) is 5.16 Å². The number of sulfone groups is 1. The number of hydrogen-bond acceptors (Lipinski definition) is 8. The minimum Gasteiger partial charge on any atom is -0.490 e. The topological polar surface area (TPSA) is 107 Å². The summed E-state index contributed by atoms with van der Waals surface area (Å²) in [7, 11) is -3.32. The van der Waals surface area contributed by atoms with Crippen LogP contribution in [0.4, 0.5) is 5.13 Å². The van der Waals surface area contributed by atoms with E-state index in [1.165, 1.54) is 23.5 Å². The van der Waals surface area contributed by atoms with Gasteiger partial charge in [0.25, 0.3) is 5.91 Å². The monoisotopic (exact) mass is 471 g/mol. The van der Waals surface area contributed by atoms with Gasteiger partial charge in [-0.2, -0.15) is 0 Å². The van der Waals surface area contributed by atoms with Crippen molar-refractivity contribution in [2.75, 3.05) is 18.5 Å². The lowest BCUT2D eigenvalue weighted by atomic mass is 10.1. The van der Waals surface area contributed by atoms with E-state index >= 15 is 0 Å². The number of nitrogens with one attached hydrogen (secondary N) is 1. The maximum Gasteiger partial charge on any atom is 0.280 e. The molecule has 1 aliphatic carbocycles. The maximum atomic E-state index is 12.8. The molecule has 3 aromatic rings. The van der Waals surface area contributed by atoms with Crippen LogP contribution in [0.1, 0.15) is 18.4 Å². The number of amides is 1. The fourth-order valence-electron chi connectivity index (χ4n) is 2.86. The number of carbonyl (C=O) groups excluding carboxylic acids is 1. The van der Waals surface area contributed by atoms with E-state index in [-0.39, 0.29) is 29.1 Å². The molecule has 0 unspecified atom stereocenters. The van der Waals surface area contributed by atoms with E-state index in [1.807, 2.05) is 30.3 Å². The molecule has 0 spiro atoms. The lowest BCUT2D eigenvalue weighted by molar-refractivity contribution is -0.110. The molecule has 1 saturated carbocycles. The van der Waals surface area contributed by atoms with E-state index in [9.17, 15) is 13.2 Å². The molecule has 0 bridgehead atoms.